The summed E-state index contributed by atoms with van der Waals surface area (Å²) in [5.41, 5.74) is 10.8. The number of carbonyl (C=O) groups excluding carboxylic acids is 1. The molecule has 0 heterocycles. The van der Waals surface area contributed by atoms with Gasteiger partial charge in [-0.3, -0.25) is 4.79 Å². The minimum absolute atomic E-state index is 0. The maximum atomic E-state index is 12.6. The number of carbonyl (C=O) groups is 1. The zero-order valence-electron chi connectivity index (χ0n) is 13.3. The van der Waals surface area contributed by atoms with Crippen molar-refractivity contribution in [1.82, 2.24) is 0 Å². The third-order valence-electron chi connectivity index (χ3n) is 3.70. The van der Waals surface area contributed by atoms with E-state index < -0.39 is 0 Å². The molecule has 0 saturated carbocycles. The Morgan fingerprint density at radius 3 is 2.17 bits per heavy atom. The summed E-state index contributed by atoms with van der Waals surface area (Å²) in [7, 11) is 0. The number of hydrogen-bond donors (Lipinski definition) is 2. The number of rotatable bonds is 3. The van der Waals surface area contributed by atoms with Gasteiger partial charge in [-0.2, -0.15) is 0 Å². The van der Waals surface area contributed by atoms with Crippen LogP contribution in [-0.4, -0.2) is 5.91 Å². The van der Waals surface area contributed by atoms with Gasteiger partial charge in [-0.15, -0.1) is 12.4 Å². The summed E-state index contributed by atoms with van der Waals surface area (Å²) in [5, 5.41) is 2.91. The molecule has 4 heteroatoms. The Morgan fingerprint density at radius 1 is 0.875 bits per heavy atom. The summed E-state index contributed by atoms with van der Waals surface area (Å²) in [6.45, 7) is 2.05. The molecule has 0 atom stereocenters. The van der Waals surface area contributed by atoms with E-state index in [1.807, 2.05) is 55.5 Å². The Labute approximate surface area is 147 Å². The first-order valence-electron chi connectivity index (χ1n) is 7.46. The monoisotopic (exact) mass is 338 g/mol. The topological polar surface area (TPSA) is 55.1 Å². The number of amides is 1. The lowest BCUT2D eigenvalue weighted by atomic mass is 9.98. The Bertz CT molecular complexity index is 827. The normalized spacial score (nSPS) is 9.88. The number of benzene rings is 3. The second-order valence-corrected chi connectivity index (χ2v) is 5.49. The standard InChI is InChI=1S/C20H18N2O.ClH/c1-14-6-8-15(9-7-14)18-4-2-3-5-19(18)20(23)22-17-12-10-16(21)11-13-17;/h2-13H,21H2,1H3,(H,22,23);1H. The van der Waals surface area contributed by atoms with E-state index in [2.05, 4.69) is 5.32 Å². The third kappa shape index (κ3) is 3.94. The van der Waals surface area contributed by atoms with Gasteiger partial charge < -0.3 is 11.1 Å². The Kier molecular flexibility index (Phi) is 5.61. The molecule has 0 aliphatic rings. The lowest BCUT2D eigenvalue weighted by molar-refractivity contribution is 0.102. The van der Waals surface area contributed by atoms with Gasteiger partial charge in [0.05, 0.1) is 0 Å². The van der Waals surface area contributed by atoms with E-state index in [4.69, 9.17) is 5.73 Å². The first kappa shape index (κ1) is 17.6. The molecular weight excluding hydrogens is 320 g/mol. The van der Waals surface area contributed by atoms with Crippen molar-refractivity contribution in [3.63, 3.8) is 0 Å². The summed E-state index contributed by atoms with van der Waals surface area (Å²) in [6, 6.07) is 22.9. The van der Waals surface area contributed by atoms with Crippen molar-refractivity contribution in [2.75, 3.05) is 11.1 Å². The molecular formula is C20H19ClN2O. The summed E-state index contributed by atoms with van der Waals surface area (Å²) < 4.78 is 0. The van der Waals surface area contributed by atoms with Crippen LogP contribution in [0, 0.1) is 6.92 Å². The zero-order valence-corrected chi connectivity index (χ0v) is 14.1. The Balaban J connectivity index is 0.00000208. The molecule has 0 radical (unpaired) electrons. The average molecular weight is 339 g/mol. The highest BCUT2D eigenvalue weighted by Gasteiger charge is 2.12. The Hall–Kier alpha value is -2.78. The minimum Gasteiger partial charge on any atom is -0.399 e. The van der Waals surface area contributed by atoms with E-state index in [9.17, 15) is 4.79 Å². The van der Waals surface area contributed by atoms with Crippen LogP contribution in [0.5, 0.6) is 0 Å². The van der Waals surface area contributed by atoms with Crippen molar-refractivity contribution < 1.29 is 4.79 Å². The van der Waals surface area contributed by atoms with E-state index >= 15 is 0 Å². The molecule has 0 fully saturated rings. The summed E-state index contributed by atoms with van der Waals surface area (Å²) in [6.07, 6.45) is 0. The van der Waals surface area contributed by atoms with E-state index in [0.29, 0.717) is 11.3 Å². The van der Waals surface area contributed by atoms with E-state index in [-0.39, 0.29) is 18.3 Å². The smallest absolute Gasteiger partial charge is 0.256 e. The second-order valence-electron chi connectivity index (χ2n) is 5.49. The fourth-order valence-corrected chi connectivity index (χ4v) is 2.43. The van der Waals surface area contributed by atoms with Crippen LogP contribution in [0.4, 0.5) is 11.4 Å². The van der Waals surface area contributed by atoms with Crippen molar-refractivity contribution in [3.8, 4) is 11.1 Å². The van der Waals surface area contributed by atoms with Crippen molar-refractivity contribution >= 4 is 29.7 Å². The molecule has 0 aliphatic carbocycles. The van der Waals surface area contributed by atoms with Gasteiger partial charge in [0.15, 0.2) is 0 Å². The number of anilines is 2. The summed E-state index contributed by atoms with van der Waals surface area (Å²) >= 11 is 0. The van der Waals surface area contributed by atoms with Gasteiger partial charge in [0, 0.05) is 16.9 Å². The average Bonchev–Trinajstić information content (AvgIpc) is 2.58. The molecule has 3 N–H and O–H groups in total. The van der Waals surface area contributed by atoms with Crippen molar-refractivity contribution in [3.05, 3.63) is 83.9 Å². The number of nitrogens with two attached hydrogens (primary N) is 1. The molecule has 122 valence electrons. The maximum Gasteiger partial charge on any atom is 0.256 e. The molecule has 0 spiro atoms. The molecule has 3 aromatic rings. The largest absolute Gasteiger partial charge is 0.399 e. The molecule has 0 aromatic heterocycles. The molecule has 3 nitrogen and oxygen atoms in total. The fraction of sp³-hybridized carbons (Fsp3) is 0.0500. The Morgan fingerprint density at radius 2 is 1.50 bits per heavy atom. The van der Waals surface area contributed by atoms with Crippen molar-refractivity contribution in [2.45, 2.75) is 6.92 Å². The van der Waals surface area contributed by atoms with Gasteiger partial charge in [-0.25, -0.2) is 0 Å². The minimum atomic E-state index is -0.133. The van der Waals surface area contributed by atoms with Gasteiger partial charge in [-0.05, 0) is 48.4 Å². The number of aryl methyl sites for hydroxylation is 1. The van der Waals surface area contributed by atoms with Crippen molar-refractivity contribution in [1.29, 1.82) is 0 Å². The highest BCUT2D eigenvalue weighted by atomic mass is 35.5. The molecule has 0 aliphatic heterocycles. The predicted molar refractivity (Wildman–Crippen MR) is 103 cm³/mol. The van der Waals surface area contributed by atoms with Gasteiger partial charge in [0.1, 0.15) is 0 Å². The molecule has 0 unspecified atom stereocenters. The van der Waals surface area contributed by atoms with Crippen LogP contribution in [-0.2, 0) is 0 Å². The van der Waals surface area contributed by atoms with Crippen LogP contribution >= 0.6 is 12.4 Å². The molecule has 0 bridgehead atoms. The number of hydrogen-bond acceptors (Lipinski definition) is 2. The van der Waals surface area contributed by atoms with Crippen LogP contribution in [0.2, 0.25) is 0 Å². The number of halogens is 1. The molecule has 3 rings (SSSR count). The van der Waals surface area contributed by atoms with E-state index in [0.717, 1.165) is 16.8 Å². The number of nitrogens with one attached hydrogen (secondary N) is 1. The van der Waals surface area contributed by atoms with Crippen LogP contribution in [0.1, 0.15) is 15.9 Å². The van der Waals surface area contributed by atoms with Crippen molar-refractivity contribution in [2.24, 2.45) is 0 Å². The van der Waals surface area contributed by atoms with Crippen LogP contribution in [0.3, 0.4) is 0 Å². The molecule has 0 saturated heterocycles. The third-order valence-corrected chi connectivity index (χ3v) is 3.70. The first-order chi connectivity index (χ1) is 11.1. The van der Waals surface area contributed by atoms with Crippen LogP contribution in [0.15, 0.2) is 72.8 Å². The second kappa shape index (κ2) is 7.66. The zero-order chi connectivity index (χ0) is 16.2. The van der Waals surface area contributed by atoms with Gasteiger partial charge in [-0.1, -0.05) is 48.0 Å². The van der Waals surface area contributed by atoms with E-state index in [1.165, 1.54) is 5.56 Å². The number of nitrogen functional groups attached to an aromatic ring is 1. The highest BCUT2D eigenvalue weighted by molar-refractivity contribution is 6.08. The van der Waals surface area contributed by atoms with Gasteiger partial charge in [0.25, 0.3) is 5.91 Å². The fourth-order valence-electron chi connectivity index (χ4n) is 2.43. The SMILES string of the molecule is Cc1ccc(-c2ccccc2C(=O)Nc2ccc(N)cc2)cc1.Cl. The van der Waals surface area contributed by atoms with Crippen LogP contribution < -0.4 is 11.1 Å². The summed E-state index contributed by atoms with van der Waals surface area (Å²) in [5.74, 6) is -0.133. The lowest BCUT2D eigenvalue weighted by Gasteiger charge is -2.11. The lowest BCUT2D eigenvalue weighted by Crippen LogP contribution is -2.13. The molecule has 1 amide bonds. The quantitative estimate of drug-likeness (QED) is 0.666. The van der Waals surface area contributed by atoms with Gasteiger partial charge >= 0.3 is 0 Å². The van der Waals surface area contributed by atoms with Gasteiger partial charge in [0.2, 0.25) is 0 Å². The first-order valence-corrected chi connectivity index (χ1v) is 7.46. The van der Waals surface area contributed by atoms with E-state index in [1.54, 1.807) is 24.3 Å². The summed E-state index contributed by atoms with van der Waals surface area (Å²) in [4.78, 5) is 12.6. The maximum absolute atomic E-state index is 12.6. The van der Waals surface area contributed by atoms with Crippen LogP contribution in [0.25, 0.3) is 11.1 Å². The predicted octanol–water partition coefficient (Wildman–Crippen LogP) is 4.92. The highest BCUT2D eigenvalue weighted by Crippen LogP contribution is 2.25. The molecule has 3 aromatic carbocycles. The molecule has 24 heavy (non-hydrogen) atoms.